The third-order valence-corrected chi connectivity index (χ3v) is 4.30. The van der Waals surface area contributed by atoms with Crippen LogP contribution in [0.1, 0.15) is 45.1 Å². The number of carbonyl (C=O) groups is 1. The van der Waals surface area contributed by atoms with Crippen molar-refractivity contribution in [2.45, 2.75) is 52.0 Å². The third kappa shape index (κ3) is 2.73. The molecule has 0 saturated carbocycles. The fourth-order valence-corrected chi connectivity index (χ4v) is 3.28. The monoisotopic (exact) mass is 274 g/mol. The molecule has 1 saturated heterocycles. The molecule has 2 rings (SSSR count). The predicted octanol–water partition coefficient (Wildman–Crippen LogP) is 3.27. The van der Waals surface area contributed by atoms with Crippen molar-refractivity contribution < 1.29 is 4.79 Å². The number of likely N-dealkylation sites (N-methyl/N-ethyl adjacent to an activating group) is 1. The van der Waals surface area contributed by atoms with Crippen LogP contribution in [-0.4, -0.2) is 24.5 Å². The van der Waals surface area contributed by atoms with E-state index in [1.807, 2.05) is 23.1 Å². The number of nitrogens with one attached hydrogen (secondary N) is 1. The number of aryl methyl sites for hydroxylation is 1. The highest BCUT2D eigenvalue weighted by Crippen LogP contribution is 2.30. The van der Waals surface area contributed by atoms with E-state index >= 15 is 0 Å². The molecule has 0 aromatic heterocycles. The van der Waals surface area contributed by atoms with Crippen LogP contribution in [0, 0.1) is 6.92 Å². The van der Waals surface area contributed by atoms with E-state index in [0.29, 0.717) is 0 Å². The van der Waals surface area contributed by atoms with Crippen LogP contribution >= 0.6 is 0 Å². The van der Waals surface area contributed by atoms with Crippen molar-refractivity contribution >= 4 is 11.6 Å². The number of hydrogen-bond acceptors (Lipinski definition) is 2. The number of anilines is 1. The Morgan fingerprint density at radius 2 is 2.10 bits per heavy atom. The zero-order chi connectivity index (χ0) is 14.6. The van der Waals surface area contributed by atoms with Crippen LogP contribution in [-0.2, 0) is 4.79 Å². The van der Waals surface area contributed by atoms with E-state index < -0.39 is 0 Å². The number of amides is 1. The Bertz CT molecular complexity index is 464. The first-order valence-electron chi connectivity index (χ1n) is 7.77. The maximum atomic E-state index is 13.1. The molecule has 3 nitrogen and oxygen atoms in total. The molecule has 1 fully saturated rings. The van der Waals surface area contributed by atoms with Gasteiger partial charge in [0, 0.05) is 12.2 Å². The fraction of sp³-hybridized carbons (Fsp3) is 0.588. The number of para-hydroxylation sites is 1. The smallest absolute Gasteiger partial charge is 0.247 e. The number of carbonyl (C=O) groups excluding carboxylic acids is 1. The van der Waals surface area contributed by atoms with Gasteiger partial charge in [-0.25, -0.2) is 0 Å². The first kappa shape index (κ1) is 15.0. The molecule has 1 heterocycles. The molecule has 0 radical (unpaired) electrons. The van der Waals surface area contributed by atoms with Crippen molar-refractivity contribution in [3.63, 3.8) is 0 Å². The molecule has 1 atom stereocenters. The van der Waals surface area contributed by atoms with Gasteiger partial charge in [0.25, 0.3) is 0 Å². The van der Waals surface area contributed by atoms with E-state index in [0.717, 1.165) is 50.0 Å². The van der Waals surface area contributed by atoms with Crippen LogP contribution in [0.5, 0.6) is 0 Å². The summed E-state index contributed by atoms with van der Waals surface area (Å²) in [6, 6.07) is 8.14. The van der Waals surface area contributed by atoms with E-state index in [2.05, 4.69) is 32.2 Å². The molecule has 20 heavy (non-hydrogen) atoms. The second-order valence-electron chi connectivity index (χ2n) is 5.70. The summed E-state index contributed by atoms with van der Waals surface area (Å²) in [6.07, 6.45) is 4.01. The van der Waals surface area contributed by atoms with Gasteiger partial charge in [0.15, 0.2) is 0 Å². The van der Waals surface area contributed by atoms with Crippen molar-refractivity contribution in [2.75, 3.05) is 18.0 Å². The molecule has 3 heteroatoms. The Hall–Kier alpha value is -1.35. The summed E-state index contributed by atoms with van der Waals surface area (Å²) in [6.45, 7) is 7.95. The molecule has 1 N–H and O–H groups in total. The lowest BCUT2D eigenvalue weighted by Crippen LogP contribution is -2.55. The second-order valence-corrected chi connectivity index (χ2v) is 5.70. The quantitative estimate of drug-likeness (QED) is 0.893. The summed E-state index contributed by atoms with van der Waals surface area (Å²) in [5.41, 5.74) is 1.86. The molecular weight excluding hydrogens is 248 g/mol. The molecular formula is C17H26N2O. The number of rotatable bonds is 5. The van der Waals surface area contributed by atoms with Crippen molar-refractivity contribution in [2.24, 2.45) is 0 Å². The third-order valence-electron chi connectivity index (χ3n) is 4.30. The fourth-order valence-electron chi connectivity index (χ4n) is 3.28. The Morgan fingerprint density at radius 1 is 1.35 bits per heavy atom. The highest BCUT2D eigenvalue weighted by molar-refractivity contribution is 6.01. The van der Waals surface area contributed by atoms with Gasteiger partial charge in [-0.15, -0.1) is 0 Å². The molecule has 0 aliphatic carbocycles. The second kappa shape index (κ2) is 6.40. The Labute approximate surface area is 122 Å². The average molecular weight is 274 g/mol. The zero-order valence-electron chi connectivity index (χ0n) is 12.9. The van der Waals surface area contributed by atoms with Gasteiger partial charge in [-0.1, -0.05) is 31.5 Å². The van der Waals surface area contributed by atoms with E-state index in [-0.39, 0.29) is 11.4 Å². The molecule has 1 aliphatic rings. The normalized spacial score (nSPS) is 21.9. The van der Waals surface area contributed by atoms with Gasteiger partial charge in [0.05, 0.1) is 5.54 Å². The largest absolute Gasteiger partial charge is 0.311 e. The van der Waals surface area contributed by atoms with Gasteiger partial charge >= 0.3 is 0 Å². The predicted molar refractivity (Wildman–Crippen MR) is 84.1 cm³/mol. The molecule has 0 spiro atoms. The summed E-state index contributed by atoms with van der Waals surface area (Å²) in [7, 11) is 0. The molecule has 1 aromatic rings. The molecule has 1 aliphatic heterocycles. The Kier molecular flexibility index (Phi) is 4.81. The zero-order valence-corrected chi connectivity index (χ0v) is 12.9. The molecule has 1 amide bonds. The van der Waals surface area contributed by atoms with Crippen LogP contribution in [0.4, 0.5) is 5.69 Å². The van der Waals surface area contributed by atoms with Crippen molar-refractivity contribution in [1.82, 2.24) is 5.32 Å². The maximum absolute atomic E-state index is 13.1. The number of hydrogen-bond donors (Lipinski definition) is 1. The van der Waals surface area contributed by atoms with E-state index in [1.165, 1.54) is 0 Å². The highest BCUT2D eigenvalue weighted by atomic mass is 16.2. The van der Waals surface area contributed by atoms with Crippen LogP contribution < -0.4 is 10.2 Å². The van der Waals surface area contributed by atoms with Crippen LogP contribution in [0.15, 0.2) is 24.3 Å². The van der Waals surface area contributed by atoms with Gasteiger partial charge in [0.2, 0.25) is 5.91 Å². The van der Waals surface area contributed by atoms with Gasteiger partial charge in [-0.2, -0.15) is 0 Å². The van der Waals surface area contributed by atoms with Crippen LogP contribution in [0.25, 0.3) is 0 Å². The van der Waals surface area contributed by atoms with E-state index in [4.69, 9.17) is 0 Å². The maximum Gasteiger partial charge on any atom is 0.247 e. The number of benzene rings is 1. The van der Waals surface area contributed by atoms with Gasteiger partial charge < -0.3 is 10.2 Å². The summed E-state index contributed by atoms with van der Waals surface area (Å²) in [5, 5.41) is 3.48. The van der Waals surface area contributed by atoms with Crippen LogP contribution in [0.2, 0.25) is 0 Å². The summed E-state index contributed by atoms with van der Waals surface area (Å²) < 4.78 is 0. The average Bonchev–Trinajstić information content (AvgIpc) is 2.92. The van der Waals surface area contributed by atoms with Crippen LogP contribution in [0.3, 0.4) is 0 Å². The van der Waals surface area contributed by atoms with Crippen molar-refractivity contribution in [3.8, 4) is 0 Å². The van der Waals surface area contributed by atoms with Gasteiger partial charge in [-0.3, -0.25) is 4.79 Å². The SMILES string of the molecule is CCCC1(C(=O)N(CC)c2ccccc2C)CCCN1. The van der Waals surface area contributed by atoms with Crippen molar-refractivity contribution in [1.29, 1.82) is 0 Å². The van der Waals surface area contributed by atoms with Gasteiger partial charge in [0.1, 0.15) is 0 Å². The first-order chi connectivity index (χ1) is 9.64. The summed E-state index contributed by atoms with van der Waals surface area (Å²) in [4.78, 5) is 15.1. The van der Waals surface area contributed by atoms with Crippen molar-refractivity contribution in [3.05, 3.63) is 29.8 Å². The van der Waals surface area contributed by atoms with E-state index in [9.17, 15) is 4.79 Å². The molecule has 0 bridgehead atoms. The first-order valence-corrected chi connectivity index (χ1v) is 7.77. The lowest BCUT2D eigenvalue weighted by atomic mass is 9.89. The minimum atomic E-state index is -0.340. The minimum Gasteiger partial charge on any atom is -0.311 e. The summed E-state index contributed by atoms with van der Waals surface area (Å²) >= 11 is 0. The molecule has 1 unspecified atom stereocenters. The topological polar surface area (TPSA) is 32.3 Å². The highest BCUT2D eigenvalue weighted by Gasteiger charge is 2.42. The molecule has 110 valence electrons. The Morgan fingerprint density at radius 3 is 2.65 bits per heavy atom. The number of nitrogens with zero attached hydrogens (tertiary/aromatic N) is 1. The standard InChI is InChI=1S/C17H26N2O/c1-4-11-17(12-8-13-18-17)16(20)19(5-2)15-10-7-6-9-14(15)3/h6-7,9-10,18H,4-5,8,11-13H2,1-3H3. The lowest BCUT2D eigenvalue weighted by Gasteiger charge is -2.34. The molecule has 1 aromatic carbocycles. The summed E-state index contributed by atoms with van der Waals surface area (Å²) in [5.74, 6) is 0.244. The van der Waals surface area contributed by atoms with E-state index in [1.54, 1.807) is 0 Å². The minimum absolute atomic E-state index is 0.244. The van der Waals surface area contributed by atoms with Gasteiger partial charge in [-0.05, 0) is 51.3 Å². The lowest BCUT2D eigenvalue weighted by molar-refractivity contribution is -0.124. The Balaban J connectivity index is 2.31.